The molecule has 0 saturated carbocycles. The highest BCUT2D eigenvalue weighted by molar-refractivity contribution is 7.80. The van der Waals surface area contributed by atoms with E-state index in [4.69, 9.17) is 12.2 Å². The summed E-state index contributed by atoms with van der Waals surface area (Å²) in [7, 11) is 1.83. The molecule has 2 aromatic rings. The second-order valence-electron chi connectivity index (χ2n) is 6.48. The van der Waals surface area contributed by atoms with Crippen molar-refractivity contribution in [1.29, 1.82) is 0 Å². The maximum Gasteiger partial charge on any atom is 0.257 e. The second kappa shape index (κ2) is 6.92. The molecule has 0 aliphatic rings. The van der Waals surface area contributed by atoms with Crippen molar-refractivity contribution >= 4 is 28.9 Å². The van der Waals surface area contributed by atoms with Gasteiger partial charge in [-0.25, -0.2) is 0 Å². The first-order valence-electron chi connectivity index (χ1n) is 7.53. The van der Waals surface area contributed by atoms with Gasteiger partial charge >= 0.3 is 0 Å². The Kier molecular flexibility index (Phi) is 5.16. The lowest BCUT2D eigenvalue weighted by Gasteiger charge is -2.21. The van der Waals surface area contributed by atoms with Crippen molar-refractivity contribution in [3.8, 4) is 0 Å². The van der Waals surface area contributed by atoms with Gasteiger partial charge < -0.3 is 4.90 Å². The number of benzene rings is 2. The molecule has 0 unspecified atom stereocenters. The quantitative estimate of drug-likeness (QED) is 0.842. The zero-order valence-electron chi connectivity index (χ0n) is 14.0. The lowest BCUT2D eigenvalue weighted by molar-refractivity contribution is 0.0977. The number of rotatable bonds is 2. The standard InChI is InChI=1S/C19H22N2OS/c1-19(2,3)15-12-10-14(11-13-15)17(22)20-18(23)21(4)16-8-6-5-7-9-16/h5-13H,1-4H3,(H,20,22,23). The van der Waals surface area contributed by atoms with Crippen molar-refractivity contribution in [2.24, 2.45) is 0 Å². The Labute approximate surface area is 143 Å². The van der Waals surface area contributed by atoms with Crippen LogP contribution in [0.3, 0.4) is 0 Å². The average Bonchev–Trinajstić information content (AvgIpc) is 2.54. The largest absolute Gasteiger partial charge is 0.322 e. The third kappa shape index (κ3) is 4.39. The molecule has 23 heavy (non-hydrogen) atoms. The third-order valence-electron chi connectivity index (χ3n) is 3.68. The lowest BCUT2D eigenvalue weighted by Crippen LogP contribution is -2.40. The molecule has 0 heterocycles. The fraction of sp³-hybridized carbons (Fsp3) is 0.263. The molecule has 0 spiro atoms. The fourth-order valence-corrected chi connectivity index (χ4v) is 2.34. The molecule has 0 aromatic heterocycles. The van der Waals surface area contributed by atoms with Crippen LogP contribution in [0.25, 0.3) is 0 Å². The molecule has 1 amide bonds. The van der Waals surface area contributed by atoms with E-state index in [1.54, 1.807) is 4.90 Å². The highest BCUT2D eigenvalue weighted by Crippen LogP contribution is 2.22. The number of nitrogens with zero attached hydrogens (tertiary/aromatic N) is 1. The zero-order valence-corrected chi connectivity index (χ0v) is 14.8. The zero-order chi connectivity index (χ0) is 17.0. The number of anilines is 1. The van der Waals surface area contributed by atoms with Gasteiger partial charge in [-0.05, 0) is 47.5 Å². The summed E-state index contributed by atoms with van der Waals surface area (Å²) >= 11 is 5.31. The van der Waals surface area contributed by atoms with E-state index in [0.29, 0.717) is 10.7 Å². The number of hydrogen-bond donors (Lipinski definition) is 1. The predicted octanol–water partition coefficient (Wildman–Crippen LogP) is 4.14. The molecular formula is C19H22N2OS. The van der Waals surface area contributed by atoms with Gasteiger partial charge in [-0.2, -0.15) is 0 Å². The third-order valence-corrected chi connectivity index (χ3v) is 4.06. The van der Waals surface area contributed by atoms with Crippen LogP contribution in [0.4, 0.5) is 5.69 Å². The lowest BCUT2D eigenvalue weighted by atomic mass is 9.87. The van der Waals surface area contributed by atoms with Gasteiger partial charge in [-0.15, -0.1) is 0 Å². The molecule has 1 N–H and O–H groups in total. The summed E-state index contributed by atoms with van der Waals surface area (Å²) in [6.45, 7) is 6.43. The molecule has 2 rings (SSSR count). The molecule has 0 saturated heterocycles. The van der Waals surface area contributed by atoms with Gasteiger partial charge in [0, 0.05) is 18.3 Å². The van der Waals surface area contributed by atoms with Crippen molar-refractivity contribution < 1.29 is 4.79 Å². The van der Waals surface area contributed by atoms with E-state index in [1.165, 1.54) is 5.56 Å². The number of nitrogens with one attached hydrogen (secondary N) is 1. The van der Waals surface area contributed by atoms with E-state index in [2.05, 4.69) is 26.1 Å². The molecule has 0 aliphatic heterocycles. The van der Waals surface area contributed by atoms with Crippen LogP contribution < -0.4 is 10.2 Å². The Hall–Kier alpha value is -2.20. The van der Waals surface area contributed by atoms with Gasteiger partial charge in [-0.1, -0.05) is 51.1 Å². The van der Waals surface area contributed by atoms with Crippen molar-refractivity contribution in [3.63, 3.8) is 0 Å². The molecule has 3 nitrogen and oxygen atoms in total. The Morgan fingerprint density at radius 1 is 1.00 bits per heavy atom. The van der Waals surface area contributed by atoms with Crippen molar-refractivity contribution in [2.45, 2.75) is 26.2 Å². The summed E-state index contributed by atoms with van der Waals surface area (Å²) in [5.74, 6) is -0.196. The number of thiocarbonyl (C=S) groups is 1. The maximum atomic E-state index is 12.3. The summed E-state index contributed by atoms with van der Waals surface area (Å²) in [5, 5.41) is 3.15. The smallest absolute Gasteiger partial charge is 0.257 e. The van der Waals surface area contributed by atoms with Gasteiger partial charge in [0.1, 0.15) is 0 Å². The number of carbonyl (C=O) groups is 1. The average molecular weight is 326 g/mol. The van der Waals surface area contributed by atoms with E-state index in [9.17, 15) is 4.79 Å². The normalized spacial score (nSPS) is 11.0. The first-order valence-corrected chi connectivity index (χ1v) is 7.94. The number of amides is 1. The second-order valence-corrected chi connectivity index (χ2v) is 6.87. The van der Waals surface area contributed by atoms with Crippen LogP contribution in [0, 0.1) is 0 Å². The van der Waals surface area contributed by atoms with Crippen molar-refractivity contribution in [1.82, 2.24) is 5.32 Å². The van der Waals surface area contributed by atoms with Gasteiger partial charge in [0.2, 0.25) is 0 Å². The van der Waals surface area contributed by atoms with Crippen molar-refractivity contribution in [2.75, 3.05) is 11.9 Å². The molecule has 0 atom stereocenters. The van der Waals surface area contributed by atoms with Crippen LogP contribution in [-0.2, 0) is 5.41 Å². The van der Waals surface area contributed by atoms with Crippen molar-refractivity contribution in [3.05, 3.63) is 65.7 Å². The van der Waals surface area contributed by atoms with E-state index in [1.807, 2.05) is 61.6 Å². The molecule has 0 bridgehead atoms. The van der Waals surface area contributed by atoms with E-state index < -0.39 is 0 Å². The van der Waals surface area contributed by atoms with Crippen LogP contribution >= 0.6 is 12.2 Å². The number of hydrogen-bond acceptors (Lipinski definition) is 2. The molecular weight excluding hydrogens is 304 g/mol. The topological polar surface area (TPSA) is 32.3 Å². The number of carbonyl (C=O) groups excluding carboxylic acids is 1. The summed E-state index contributed by atoms with van der Waals surface area (Å²) in [4.78, 5) is 14.1. The number of para-hydroxylation sites is 1. The Morgan fingerprint density at radius 3 is 2.09 bits per heavy atom. The molecule has 0 radical (unpaired) electrons. The highest BCUT2D eigenvalue weighted by Gasteiger charge is 2.15. The van der Waals surface area contributed by atoms with Gasteiger partial charge in [0.25, 0.3) is 5.91 Å². The van der Waals surface area contributed by atoms with Crippen LogP contribution in [0.2, 0.25) is 0 Å². The molecule has 0 aliphatic carbocycles. The molecule has 120 valence electrons. The highest BCUT2D eigenvalue weighted by atomic mass is 32.1. The summed E-state index contributed by atoms with van der Waals surface area (Å²) in [6.07, 6.45) is 0. The van der Waals surface area contributed by atoms with Gasteiger partial charge in [-0.3, -0.25) is 10.1 Å². The minimum absolute atomic E-state index is 0.0673. The fourth-order valence-electron chi connectivity index (χ4n) is 2.14. The monoisotopic (exact) mass is 326 g/mol. The Morgan fingerprint density at radius 2 is 1.57 bits per heavy atom. The summed E-state index contributed by atoms with van der Waals surface area (Å²) < 4.78 is 0. The molecule has 0 fully saturated rings. The van der Waals surface area contributed by atoms with E-state index in [0.717, 1.165) is 5.69 Å². The summed E-state index contributed by atoms with van der Waals surface area (Å²) in [6, 6.07) is 17.3. The van der Waals surface area contributed by atoms with Crippen LogP contribution in [0.15, 0.2) is 54.6 Å². The van der Waals surface area contributed by atoms with Crippen LogP contribution in [0.5, 0.6) is 0 Å². The van der Waals surface area contributed by atoms with Crippen LogP contribution in [0.1, 0.15) is 36.7 Å². The summed E-state index contributed by atoms with van der Waals surface area (Å²) in [5.41, 5.74) is 2.79. The van der Waals surface area contributed by atoms with E-state index in [-0.39, 0.29) is 11.3 Å². The van der Waals surface area contributed by atoms with Crippen LogP contribution in [-0.4, -0.2) is 18.1 Å². The minimum atomic E-state index is -0.196. The maximum absolute atomic E-state index is 12.3. The first-order chi connectivity index (χ1) is 10.8. The first kappa shape index (κ1) is 17.2. The molecule has 2 aromatic carbocycles. The van der Waals surface area contributed by atoms with Gasteiger partial charge in [0.05, 0.1) is 0 Å². The predicted molar refractivity (Wildman–Crippen MR) is 100 cm³/mol. The van der Waals surface area contributed by atoms with E-state index >= 15 is 0 Å². The minimum Gasteiger partial charge on any atom is -0.322 e. The van der Waals surface area contributed by atoms with Gasteiger partial charge in [0.15, 0.2) is 5.11 Å². The molecule has 4 heteroatoms. The Balaban J connectivity index is 2.05. The SMILES string of the molecule is CN(C(=S)NC(=O)c1ccc(C(C)(C)C)cc1)c1ccccc1. The Bertz CT molecular complexity index is 688.